The lowest BCUT2D eigenvalue weighted by molar-refractivity contribution is -0.137. The molecule has 0 bridgehead atoms. The SMILES string of the molecule is C=CCC(CCC)(C(=O)Nc1ccc2nc(C)cc(N)c2c1)C(=O)Nc1ccc2nc(C)cc(N)c2c1. The summed E-state index contributed by atoms with van der Waals surface area (Å²) in [7, 11) is 0. The van der Waals surface area contributed by atoms with Crippen molar-refractivity contribution in [2.45, 2.75) is 40.0 Å². The van der Waals surface area contributed by atoms with Crippen LogP contribution in [0, 0.1) is 19.3 Å². The number of hydrogen-bond acceptors (Lipinski definition) is 6. The lowest BCUT2D eigenvalue weighted by Crippen LogP contribution is -2.46. The summed E-state index contributed by atoms with van der Waals surface area (Å²) in [6, 6.07) is 14.3. The molecule has 0 atom stereocenters. The molecule has 2 heterocycles. The van der Waals surface area contributed by atoms with Crippen LogP contribution < -0.4 is 22.1 Å². The number of allylic oxidation sites excluding steroid dienone is 1. The van der Waals surface area contributed by atoms with Crippen molar-refractivity contribution in [2.24, 2.45) is 5.41 Å². The molecule has 8 heteroatoms. The van der Waals surface area contributed by atoms with Crippen molar-refractivity contribution >= 4 is 56.4 Å². The number of anilines is 4. The third kappa shape index (κ3) is 5.09. The standard InChI is InChI=1S/C29H32N6O2/c1-5-11-29(12-6-2,27(36)34-19-7-9-25-21(15-19)23(30)13-17(3)32-25)28(37)35-20-8-10-26-22(16-20)24(31)14-18(4)33-26/h5,7-10,13-16H,1,6,11-12H2,2-4H3,(H2,30,32)(H2,31,33)(H,34,36)(H,35,37). The zero-order chi connectivity index (χ0) is 26.7. The Morgan fingerprint density at radius 2 is 1.32 bits per heavy atom. The Balaban J connectivity index is 1.66. The molecule has 4 aromatic rings. The van der Waals surface area contributed by atoms with Crippen LogP contribution in [0.4, 0.5) is 22.7 Å². The van der Waals surface area contributed by atoms with E-state index in [1.807, 2.05) is 20.8 Å². The van der Waals surface area contributed by atoms with Gasteiger partial charge in [-0.05, 0) is 75.2 Å². The van der Waals surface area contributed by atoms with Crippen molar-refractivity contribution in [1.82, 2.24) is 9.97 Å². The average Bonchev–Trinajstić information content (AvgIpc) is 2.84. The van der Waals surface area contributed by atoms with E-state index in [4.69, 9.17) is 11.5 Å². The molecule has 0 radical (unpaired) electrons. The van der Waals surface area contributed by atoms with Gasteiger partial charge in [-0.3, -0.25) is 19.6 Å². The molecule has 0 saturated carbocycles. The van der Waals surface area contributed by atoms with Crippen molar-refractivity contribution in [3.05, 3.63) is 72.6 Å². The fourth-order valence-electron chi connectivity index (χ4n) is 4.73. The van der Waals surface area contributed by atoms with Crippen LogP contribution >= 0.6 is 0 Å². The molecule has 190 valence electrons. The summed E-state index contributed by atoms with van der Waals surface area (Å²) in [5.41, 5.74) is 16.3. The van der Waals surface area contributed by atoms with E-state index < -0.39 is 17.2 Å². The van der Waals surface area contributed by atoms with Crippen LogP contribution in [-0.4, -0.2) is 21.8 Å². The predicted molar refractivity (Wildman–Crippen MR) is 151 cm³/mol. The molecule has 0 saturated heterocycles. The number of aromatic nitrogens is 2. The summed E-state index contributed by atoms with van der Waals surface area (Å²) in [5, 5.41) is 7.34. The van der Waals surface area contributed by atoms with Crippen molar-refractivity contribution < 1.29 is 9.59 Å². The third-order valence-electron chi connectivity index (χ3n) is 6.49. The summed E-state index contributed by atoms with van der Waals surface area (Å²) >= 11 is 0. The van der Waals surface area contributed by atoms with Gasteiger partial charge in [-0.1, -0.05) is 19.4 Å². The van der Waals surface area contributed by atoms with Crippen LogP contribution in [0.5, 0.6) is 0 Å². The van der Waals surface area contributed by atoms with Gasteiger partial charge in [0.15, 0.2) is 0 Å². The zero-order valence-corrected chi connectivity index (χ0v) is 21.4. The van der Waals surface area contributed by atoms with E-state index in [-0.39, 0.29) is 6.42 Å². The lowest BCUT2D eigenvalue weighted by Gasteiger charge is -2.30. The number of pyridine rings is 2. The van der Waals surface area contributed by atoms with Gasteiger partial charge in [0.05, 0.1) is 11.0 Å². The van der Waals surface area contributed by atoms with Gasteiger partial charge >= 0.3 is 0 Å². The minimum atomic E-state index is -1.37. The molecule has 2 amide bonds. The maximum absolute atomic E-state index is 13.7. The van der Waals surface area contributed by atoms with Crippen molar-refractivity contribution in [1.29, 1.82) is 0 Å². The quantitative estimate of drug-likeness (QED) is 0.188. The number of nitrogens with one attached hydrogen (secondary N) is 2. The lowest BCUT2D eigenvalue weighted by atomic mass is 9.78. The molecular weight excluding hydrogens is 464 g/mol. The highest BCUT2D eigenvalue weighted by atomic mass is 16.2. The van der Waals surface area contributed by atoms with Crippen LogP contribution in [-0.2, 0) is 9.59 Å². The molecule has 0 unspecified atom stereocenters. The Bertz CT molecular complexity index is 1420. The van der Waals surface area contributed by atoms with Crippen LogP contribution in [0.1, 0.15) is 37.6 Å². The van der Waals surface area contributed by atoms with Gasteiger partial charge in [-0.25, -0.2) is 0 Å². The first-order valence-corrected chi connectivity index (χ1v) is 12.2. The van der Waals surface area contributed by atoms with Gasteiger partial charge in [-0.2, -0.15) is 0 Å². The Morgan fingerprint density at radius 3 is 1.73 bits per heavy atom. The van der Waals surface area contributed by atoms with Crippen LogP contribution in [0.25, 0.3) is 21.8 Å². The Labute approximate surface area is 216 Å². The molecule has 0 aliphatic carbocycles. The number of rotatable bonds is 8. The monoisotopic (exact) mass is 496 g/mol. The van der Waals surface area contributed by atoms with Crippen molar-refractivity contribution in [3.63, 3.8) is 0 Å². The Hall–Kier alpha value is -4.46. The van der Waals surface area contributed by atoms with E-state index in [9.17, 15) is 9.59 Å². The van der Waals surface area contributed by atoms with E-state index in [2.05, 4.69) is 27.2 Å². The number of carbonyl (C=O) groups excluding carboxylic acids is 2. The highest BCUT2D eigenvalue weighted by molar-refractivity contribution is 6.15. The number of nitrogens with zero attached hydrogens (tertiary/aromatic N) is 2. The molecule has 2 aromatic heterocycles. The second kappa shape index (κ2) is 10.3. The summed E-state index contributed by atoms with van der Waals surface area (Å²) in [6.07, 6.45) is 2.73. The summed E-state index contributed by atoms with van der Waals surface area (Å²) < 4.78 is 0. The molecule has 37 heavy (non-hydrogen) atoms. The number of hydrogen-bond donors (Lipinski definition) is 4. The second-order valence-electron chi connectivity index (χ2n) is 9.40. The van der Waals surface area contributed by atoms with E-state index in [1.165, 1.54) is 0 Å². The molecule has 0 aliphatic heterocycles. The zero-order valence-electron chi connectivity index (χ0n) is 21.4. The predicted octanol–water partition coefficient (Wildman–Crippen LogP) is 5.50. The van der Waals surface area contributed by atoms with Crippen molar-refractivity contribution in [2.75, 3.05) is 22.1 Å². The number of aryl methyl sites for hydroxylation is 2. The van der Waals surface area contributed by atoms with E-state index in [1.54, 1.807) is 54.6 Å². The number of benzene rings is 2. The summed E-state index contributed by atoms with van der Waals surface area (Å²) in [6.45, 7) is 9.51. The maximum atomic E-state index is 13.7. The third-order valence-corrected chi connectivity index (χ3v) is 6.49. The maximum Gasteiger partial charge on any atom is 0.240 e. The average molecular weight is 497 g/mol. The molecule has 8 nitrogen and oxygen atoms in total. The van der Waals surface area contributed by atoms with E-state index in [0.29, 0.717) is 35.6 Å². The number of amides is 2. The highest BCUT2D eigenvalue weighted by Gasteiger charge is 2.44. The van der Waals surface area contributed by atoms with Crippen LogP contribution in [0.3, 0.4) is 0 Å². The second-order valence-corrected chi connectivity index (χ2v) is 9.40. The number of nitrogen functional groups attached to an aromatic ring is 2. The van der Waals surface area contributed by atoms with Gasteiger partial charge < -0.3 is 22.1 Å². The van der Waals surface area contributed by atoms with Gasteiger partial charge in [-0.15, -0.1) is 6.58 Å². The first-order chi connectivity index (χ1) is 17.7. The van der Waals surface area contributed by atoms with Gasteiger partial charge in [0.2, 0.25) is 11.8 Å². The smallest absolute Gasteiger partial charge is 0.240 e. The largest absolute Gasteiger partial charge is 0.398 e. The summed E-state index contributed by atoms with van der Waals surface area (Å²) in [5.74, 6) is -0.829. The molecule has 4 rings (SSSR count). The fraction of sp³-hybridized carbons (Fsp3) is 0.241. The highest BCUT2D eigenvalue weighted by Crippen LogP contribution is 2.34. The fourth-order valence-corrected chi connectivity index (χ4v) is 4.73. The minimum absolute atomic E-state index is 0.172. The minimum Gasteiger partial charge on any atom is -0.398 e. The molecular formula is C29H32N6O2. The van der Waals surface area contributed by atoms with Gasteiger partial charge in [0.25, 0.3) is 0 Å². The Kier molecular flexibility index (Phi) is 7.11. The number of carbonyl (C=O) groups is 2. The van der Waals surface area contributed by atoms with E-state index in [0.717, 1.165) is 33.2 Å². The van der Waals surface area contributed by atoms with E-state index >= 15 is 0 Å². The van der Waals surface area contributed by atoms with Crippen LogP contribution in [0.15, 0.2) is 61.2 Å². The molecule has 0 fully saturated rings. The summed E-state index contributed by atoms with van der Waals surface area (Å²) in [4.78, 5) is 36.4. The first kappa shape index (κ1) is 25.6. The van der Waals surface area contributed by atoms with Crippen LogP contribution in [0.2, 0.25) is 0 Å². The number of fused-ring (bicyclic) bond motifs is 2. The van der Waals surface area contributed by atoms with Gasteiger partial charge in [0.1, 0.15) is 5.41 Å². The number of nitrogens with two attached hydrogens (primary N) is 2. The topological polar surface area (TPSA) is 136 Å². The normalized spacial score (nSPS) is 11.4. The molecule has 0 aliphatic rings. The Morgan fingerprint density at radius 1 is 0.865 bits per heavy atom. The molecule has 2 aromatic carbocycles. The van der Waals surface area contributed by atoms with Crippen molar-refractivity contribution in [3.8, 4) is 0 Å². The molecule has 6 N–H and O–H groups in total. The molecule has 0 spiro atoms. The first-order valence-electron chi connectivity index (χ1n) is 12.2. The van der Waals surface area contributed by atoms with Gasteiger partial charge in [0, 0.05) is 44.9 Å².